The predicted molar refractivity (Wildman–Crippen MR) is 84.1 cm³/mol. The molecule has 104 valence electrons. The van der Waals surface area contributed by atoms with Crippen molar-refractivity contribution in [3.05, 3.63) is 63.1 Å². The van der Waals surface area contributed by atoms with Crippen LogP contribution in [0.15, 0.2) is 46.9 Å². The SMILES string of the molecule is Cc1cc(Cl)c(NC(=O)OCc2ccccc2)cc1Br. The molecule has 0 radical (unpaired) electrons. The van der Waals surface area contributed by atoms with Gasteiger partial charge >= 0.3 is 6.09 Å². The number of nitrogens with one attached hydrogen (secondary N) is 1. The molecular weight excluding hydrogens is 342 g/mol. The third kappa shape index (κ3) is 3.99. The molecule has 0 aliphatic carbocycles. The number of carbonyl (C=O) groups excluding carboxylic acids is 1. The van der Waals surface area contributed by atoms with Gasteiger partial charge in [0.25, 0.3) is 0 Å². The fourth-order valence-corrected chi connectivity index (χ4v) is 2.22. The summed E-state index contributed by atoms with van der Waals surface area (Å²) in [5.74, 6) is 0. The number of halogens is 2. The molecule has 20 heavy (non-hydrogen) atoms. The number of hydrogen-bond donors (Lipinski definition) is 1. The molecule has 3 nitrogen and oxygen atoms in total. The molecule has 0 bridgehead atoms. The highest BCUT2D eigenvalue weighted by Crippen LogP contribution is 2.29. The average molecular weight is 355 g/mol. The van der Waals surface area contributed by atoms with E-state index in [1.54, 1.807) is 12.1 Å². The molecule has 0 aromatic heterocycles. The van der Waals surface area contributed by atoms with Gasteiger partial charge in [-0.1, -0.05) is 57.9 Å². The van der Waals surface area contributed by atoms with Gasteiger partial charge in [-0.2, -0.15) is 0 Å². The lowest BCUT2D eigenvalue weighted by atomic mass is 10.2. The Labute approximate surface area is 131 Å². The van der Waals surface area contributed by atoms with Gasteiger partial charge in [-0.25, -0.2) is 4.79 Å². The van der Waals surface area contributed by atoms with Crippen LogP contribution in [0.25, 0.3) is 0 Å². The molecule has 1 amide bonds. The molecule has 2 rings (SSSR count). The summed E-state index contributed by atoms with van der Waals surface area (Å²) in [7, 11) is 0. The van der Waals surface area contributed by atoms with E-state index < -0.39 is 6.09 Å². The first kappa shape index (κ1) is 14.9. The van der Waals surface area contributed by atoms with Crippen molar-refractivity contribution in [3.8, 4) is 0 Å². The van der Waals surface area contributed by atoms with Crippen molar-refractivity contribution in [2.75, 3.05) is 5.32 Å². The Bertz CT molecular complexity index is 617. The van der Waals surface area contributed by atoms with E-state index in [2.05, 4.69) is 21.2 Å². The lowest BCUT2D eigenvalue weighted by Crippen LogP contribution is -2.13. The van der Waals surface area contributed by atoms with Crippen LogP contribution >= 0.6 is 27.5 Å². The van der Waals surface area contributed by atoms with E-state index in [0.29, 0.717) is 10.7 Å². The highest BCUT2D eigenvalue weighted by molar-refractivity contribution is 9.10. The fourth-order valence-electron chi connectivity index (χ4n) is 1.61. The molecule has 0 unspecified atom stereocenters. The maximum absolute atomic E-state index is 11.7. The Morgan fingerprint density at radius 1 is 1.30 bits per heavy atom. The van der Waals surface area contributed by atoms with Crippen LogP contribution < -0.4 is 5.32 Å². The summed E-state index contributed by atoms with van der Waals surface area (Å²) in [4.78, 5) is 11.7. The topological polar surface area (TPSA) is 38.3 Å². The molecule has 1 N–H and O–H groups in total. The Morgan fingerprint density at radius 3 is 2.70 bits per heavy atom. The number of carbonyl (C=O) groups is 1. The standard InChI is InChI=1S/C15H13BrClNO2/c1-10-7-13(17)14(8-12(10)16)18-15(19)20-9-11-5-3-2-4-6-11/h2-8H,9H2,1H3,(H,18,19). The summed E-state index contributed by atoms with van der Waals surface area (Å²) in [5, 5.41) is 3.10. The molecule has 0 aliphatic heterocycles. The number of anilines is 1. The van der Waals surface area contributed by atoms with Crippen LogP contribution in [-0.2, 0) is 11.3 Å². The van der Waals surface area contributed by atoms with Crippen molar-refractivity contribution >= 4 is 39.3 Å². The lowest BCUT2D eigenvalue weighted by molar-refractivity contribution is 0.155. The highest BCUT2D eigenvalue weighted by atomic mass is 79.9. The maximum Gasteiger partial charge on any atom is 0.412 e. The molecule has 2 aromatic carbocycles. The third-order valence-corrected chi connectivity index (χ3v) is 3.86. The first-order valence-corrected chi connectivity index (χ1v) is 7.16. The zero-order valence-electron chi connectivity index (χ0n) is 10.8. The molecular formula is C15H13BrClNO2. The Balaban J connectivity index is 1.97. The van der Waals surface area contributed by atoms with Crippen molar-refractivity contribution in [3.63, 3.8) is 0 Å². The molecule has 0 aliphatic rings. The minimum absolute atomic E-state index is 0.220. The molecule has 0 spiro atoms. The quantitative estimate of drug-likeness (QED) is 0.827. The van der Waals surface area contributed by atoms with Gasteiger partial charge in [-0.05, 0) is 30.2 Å². The van der Waals surface area contributed by atoms with Gasteiger partial charge in [0, 0.05) is 4.47 Å². The average Bonchev–Trinajstić information content (AvgIpc) is 2.44. The van der Waals surface area contributed by atoms with Gasteiger partial charge in [0.1, 0.15) is 6.61 Å². The van der Waals surface area contributed by atoms with Gasteiger partial charge in [-0.15, -0.1) is 0 Å². The molecule has 0 saturated carbocycles. The van der Waals surface area contributed by atoms with Crippen molar-refractivity contribution in [1.82, 2.24) is 0 Å². The normalized spacial score (nSPS) is 10.2. The van der Waals surface area contributed by atoms with E-state index in [9.17, 15) is 4.79 Å². The Kier molecular flexibility index (Phi) is 5.04. The van der Waals surface area contributed by atoms with Crippen LogP contribution in [0.5, 0.6) is 0 Å². The van der Waals surface area contributed by atoms with Crippen LogP contribution in [0.1, 0.15) is 11.1 Å². The molecule has 0 fully saturated rings. The Hall–Kier alpha value is -1.52. The van der Waals surface area contributed by atoms with E-state index in [1.807, 2.05) is 37.3 Å². The molecule has 5 heteroatoms. The van der Waals surface area contributed by atoms with E-state index in [0.717, 1.165) is 15.6 Å². The first-order valence-electron chi connectivity index (χ1n) is 5.99. The lowest BCUT2D eigenvalue weighted by Gasteiger charge is -2.10. The van der Waals surface area contributed by atoms with Crippen LogP contribution in [0, 0.1) is 6.92 Å². The molecule has 0 heterocycles. The zero-order valence-corrected chi connectivity index (χ0v) is 13.2. The molecule has 0 atom stereocenters. The van der Waals surface area contributed by atoms with Crippen LogP contribution in [-0.4, -0.2) is 6.09 Å². The number of ether oxygens (including phenoxy) is 1. The van der Waals surface area contributed by atoms with Crippen LogP contribution in [0.2, 0.25) is 5.02 Å². The van der Waals surface area contributed by atoms with Crippen LogP contribution in [0.4, 0.5) is 10.5 Å². The van der Waals surface area contributed by atoms with Gasteiger partial charge < -0.3 is 4.74 Å². The van der Waals surface area contributed by atoms with E-state index in [1.165, 1.54) is 0 Å². The van der Waals surface area contributed by atoms with Gasteiger partial charge in [0.2, 0.25) is 0 Å². The van der Waals surface area contributed by atoms with E-state index >= 15 is 0 Å². The van der Waals surface area contributed by atoms with E-state index in [-0.39, 0.29) is 6.61 Å². The smallest absolute Gasteiger partial charge is 0.412 e. The number of hydrogen-bond acceptors (Lipinski definition) is 2. The number of aryl methyl sites for hydroxylation is 1. The molecule has 2 aromatic rings. The number of amides is 1. The largest absolute Gasteiger partial charge is 0.444 e. The summed E-state index contributed by atoms with van der Waals surface area (Å²) in [6, 6.07) is 13.0. The minimum Gasteiger partial charge on any atom is -0.444 e. The summed E-state index contributed by atoms with van der Waals surface area (Å²) >= 11 is 9.47. The fraction of sp³-hybridized carbons (Fsp3) is 0.133. The van der Waals surface area contributed by atoms with Gasteiger partial charge in [-0.3, -0.25) is 5.32 Å². The maximum atomic E-state index is 11.7. The Morgan fingerprint density at radius 2 is 2.00 bits per heavy atom. The second-order valence-corrected chi connectivity index (χ2v) is 5.53. The van der Waals surface area contributed by atoms with Crippen molar-refractivity contribution in [2.24, 2.45) is 0 Å². The van der Waals surface area contributed by atoms with E-state index in [4.69, 9.17) is 16.3 Å². The van der Waals surface area contributed by atoms with Crippen molar-refractivity contribution in [2.45, 2.75) is 13.5 Å². The second kappa shape index (κ2) is 6.77. The summed E-state index contributed by atoms with van der Waals surface area (Å²) in [6.07, 6.45) is -0.536. The third-order valence-electron chi connectivity index (χ3n) is 2.70. The first-order chi connectivity index (χ1) is 9.56. The second-order valence-electron chi connectivity index (χ2n) is 4.27. The summed E-state index contributed by atoms with van der Waals surface area (Å²) in [5.41, 5.74) is 2.44. The molecule has 0 saturated heterocycles. The predicted octanol–water partition coefficient (Wildman–Crippen LogP) is 5.16. The van der Waals surface area contributed by atoms with Crippen molar-refractivity contribution in [1.29, 1.82) is 0 Å². The number of benzene rings is 2. The van der Waals surface area contributed by atoms with Crippen LogP contribution in [0.3, 0.4) is 0 Å². The van der Waals surface area contributed by atoms with Crippen molar-refractivity contribution < 1.29 is 9.53 Å². The summed E-state index contributed by atoms with van der Waals surface area (Å²) < 4.78 is 6.01. The number of rotatable bonds is 3. The monoisotopic (exact) mass is 353 g/mol. The zero-order chi connectivity index (χ0) is 14.5. The highest BCUT2D eigenvalue weighted by Gasteiger charge is 2.09. The van der Waals surface area contributed by atoms with Gasteiger partial charge in [0.05, 0.1) is 10.7 Å². The minimum atomic E-state index is -0.536. The summed E-state index contributed by atoms with van der Waals surface area (Å²) in [6.45, 7) is 2.14. The van der Waals surface area contributed by atoms with Gasteiger partial charge in [0.15, 0.2) is 0 Å².